The van der Waals surface area contributed by atoms with Crippen molar-refractivity contribution in [3.05, 3.63) is 65.5 Å². The minimum absolute atomic E-state index is 0. The molecule has 0 atom stereocenters. The zero-order chi connectivity index (χ0) is 19.4. The molecule has 0 spiro atoms. The molecule has 3 rings (SSSR count). The number of aromatic nitrogens is 1. The number of pyridine rings is 1. The van der Waals surface area contributed by atoms with Crippen LogP contribution in [0.3, 0.4) is 0 Å². The van der Waals surface area contributed by atoms with Crippen LogP contribution in [0.2, 0.25) is 0 Å². The average molecular weight is 509 g/mol. The van der Waals surface area contributed by atoms with E-state index in [0.29, 0.717) is 6.54 Å². The smallest absolute Gasteiger partial charge is 0.191 e. The van der Waals surface area contributed by atoms with Gasteiger partial charge in [-0.3, -0.25) is 9.88 Å². The second kappa shape index (κ2) is 13.5. The number of aliphatic imine (C=N–C) groups is 1. The summed E-state index contributed by atoms with van der Waals surface area (Å²) in [5.41, 5.74) is 3.70. The van der Waals surface area contributed by atoms with E-state index < -0.39 is 0 Å². The molecular formula is C22H32IN5O. The number of morpholine rings is 1. The van der Waals surface area contributed by atoms with Crippen LogP contribution in [0.15, 0.2) is 53.7 Å². The molecule has 0 radical (unpaired) electrons. The van der Waals surface area contributed by atoms with E-state index in [2.05, 4.69) is 51.7 Å². The van der Waals surface area contributed by atoms with Crippen molar-refractivity contribution in [3.8, 4) is 0 Å². The number of nitrogens with one attached hydrogen (secondary N) is 2. The average Bonchev–Trinajstić information content (AvgIpc) is 2.74. The maximum atomic E-state index is 5.46. The van der Waals surface area contributed by atoms with Crippen molar-refractivity contribution < 1.29 is 4.74 Å². The third-order valence-corrected chi connectivity index (χ3v) is 4.77. The number of ether oxygens (including phenoxy) is 1. The van der Waals surface area contributed by atoms with E-state index in [1.807, 2.05) is 24.4 Å². The van der Waals surface area contributed by atoms with Crippen molar-refractivity contribution in [3.63, 3.8) is 0 Å². The second-order valence-corrected chi connectivity index (χ2v) is 6.85. The molecule has 29 heavy (non-hydrogen) atoms. The van der Waals surface area contributed by atoms with Gasteiger partial charge in [0.2, 0.25) is 0 Å². The number of guanidine groups is 1. The summed E-state index contributed by atoms with van der Waals surface area (Å²) in [4.78, 5) is 11.6. The first-order chi connectivity index (χ1) is 13.8. The standard InChI is InChI=1S/C22H31N5O.HI/c1-2-23-22(25-12-10-21-9-5-6-11-24-21)26-17-19-7-3-4-8-20(19)18-27-13-15-28-16-14-27;/h3-9,11H,2,10,12-18H2,1H3,(H2,23,25,26);1H. The van der Waals surface area contributed by atoms with Crippen LogP contribution >= 0.6 is 24.0 Å². The lowest BCUT2D eigenvalue weighted by molar-refractivity contribution is 0.0341. The van der Waals surface area contributed by atoms with Gasteiger partial charge in [-0.25, -0.2) is 4.99 Å². The summed E-state index contributed by atoms with van der Waals surface area (Å²) in [5, 5.41) is 6.74. The quantitative estimate of drug-likeness (QED) is 0.326. The predicted octanol–water partition coefficient (Wildman–Crippen LogP) is 2.83. The maximum absolute atomic E-state index is 5.46. The fraction of sp³-hybridized carbons (Fsp3) is 0.455. The fourth-order valence-corrected chi connectivity index (χ4v) is 3.23. The highest BCUT2D eigenvalue weighted by molar-refractivity contribution is 14.0. The summed E-state index contributed by atoms with van der Waals surface area (Å²) >= 11 is 0. The molecule has 6 nitrogen and oxygen atoms in total. The van der Waals surface area contributed by atoms with Gasteiger partial charge in [0.1, 0.15) is 0 Å². The number of hydrogen-bond donors (Lipinski definition) is 2. The van der Waals surface area contributed by atoms with Crippen molar-refractivity contribution in [1.29, 1.82) is 0 Å². The number of nitrogens with zero attached hydrogens (tertiary/aromatic N) is 3. The van der Waals surface area contributed by atoms with Gasteiger partial charge in [0, 0.05) is 51.0 Å². The molecule has 7 heteroatoms. The van der Waals surface area contributed by atoms with Crippen LogP contribution in [0.25, 0.3) is 0 Å². The van der Waals surface area contributed by atoms with E-state index in [0.717, 1.165) is 64.0 Å². The number of benzene rings is 1. The molecule has 158 valence electrons. The van der Waals surface area contributed by atoms with Gasteiger partial charge < -0.3 is 15.4 Å². The Balaban J connectivity index is 0.00000300. The van der Waals surface area contributed by atoms with Crippen molar-refractivity contribution in [2.75, 3.05) is 39.4 Å². The lowest BCUT2D eigenvalue weighted by Crippen LogP contribution is -2.38. The Kier molecular flexibility index (Phi) is 11.0. The Morgan fingerprint density at radius 1 is 1.07 bits per heavy atom. The summed E-state index contributed by atoms with van der Waals surface area (Å²) in [6, 6.07) is 14.6. The summed E-state index contributed by atoms with van der Waals surface area (Å²) in [6.07, 6.45) is 2.71. The lowest BCUT2D eigenvalue weighted by atomic mass is 10.1. The van der Waals surface area contributed by atoms with Crippen LogP contribution in [0.4, 0.5) is 0 Å². The highest BCUT2D eigenvalue weighted by Gasteiger charge is 2.12. The van der Waals surface area contributed by atoms with Gasteiger partial charge in [-0.2, -0.15) is 0 Å². The minimum Gasteiger partial charge on any atom is -0.379 e. The zero-order valence-corrected chi connectivity index (χ0v) is 19.5. The molecule has 0 saturated carbocycles. The Labute approximate surface area is 191 Å². The first-order valence-corrected chi connectivity index (χ1v) is 10.1. The Morgan fingerprint density at radius 2 is 1.83 bits per heavy atom. The van der Waals surface area contributed by atoms with E-state index in [1.165, 1.54) is 11.1 Å². The predicted molar refractivity (Wildman–Crippen MR) is 129 cm³/mol. The third kappa shape index (κ3) is 8.28. The molecule has 0 amide bonds. The van der Waals surface area contributed by atoms with E-state index in [9.17, 15) is 0 Å². The summed E-state index contributed by atoms with van der Waals surface area (Å²) in [6.45, 7) is 8.99. The summed E-state index contributed by atoms with van der Waals surface area (Å²) < 4.78 is 5.46. The van der Waals surface area contributed by atoms with Crippen molar-refractivity contribution in [2.45, 2.75) is 26.4 Å². The monoisotopic (exact) mass is 509 g/mol. The molecule has 2 N–H and O–H groups in total. The van der Waals surface area contributed by atoms with Crippen LogP contribution in [0.5, 0.6) is 0 Å². The van der Waals surface area contributed by atoms with Crippen LogP contribution in [0.1, 0.15) is 23.7 Å². The Morgan fingerprint density at radius 3 is 2.55 bits per heavy atom. The molecule has 1 saturated heterocycles. The van der Waals surface area contributed by atoms with Crippen molar-refractivity contribution in [1.82, 2.24) is 20.5 Å². The van der Waals surface area contributed by atoms with E-state index >= 15 is 0 Å². The highest BCUT2D eigenvalue weighted by Crippen LogP contribution is 2.14. The number of rotatable bonds is 8. The van der Waals surface area contributed by atoms with Crippen LogP contribution < -0.4 is 10.6 Å². The summed E-state index contributed by atoms with van der Waals surface area (Å²) in [5.74, 6) is 0.847. The molecule has 2 heterocycles. The normalized spacial score (nSPS) is 14.9. The summed E-state index contributed by atoms with van der Waals surface area (Å²) in [7, 11) is 0. The first kappa shape index (κ1) is 23.6. The van der Waals surface area contributed by atoms with Gasteiger partial charge in [0.25, 0.3) is 0 Å². The van der Waals surface area contributed by atoms with Gasteiger partial charge in [-0.15, -0.1) is 24.0 Å². The highest BCUT2D eigenvalue weighted by atomic mass is 127. The van der Waals surface area contributed by atoms with Crippen LogP contribution in [-0.2, 0) is 24.2 Å². The topological polar surface area (TPSA) is 61.8 Å². The molecule has 2 aromatic rings. The minimum atomic E-state index is 0. The molecule has 0 bridgehead atoms. The largest absolute Gasteiger partial charge is 0.379 e. The van der Waals surface area contributed by atoms with Gasteiger partial charge in [0.05, 0.1) is 19.8 Å². The first-order valence-electron chi connectivity index (χ1n) is 10.1. The van der Waals surface area contributed by atoms with E-state index in [1.54, 1.807) is 0 Å². The molecule has 1 fully saturated rings. The maximum Gasteiger partial charge on any atom is 0.191 e. The van der Waals surface area contributed by atoms with Gasteiger partial charge in [0.15, 0.2) is 5.96 Å². The molecule has 1 aliphatic rings. The SMILES string of the molecule is CCNC(=NCc1ccccc1CN1CCOCC1)NCCc1ccccn1.I. The Bertz CT molecular complexity index is 735. The van der Waals surface area contributed by atoms with E-state index in [-0.39, 0.29) is 24.0 Å². The molecule has 0 unspecified atom stereocenters. The fourth-order valence-electron chi connectivity index (χ4n) is 3.23. The van der Waals surface area contributed by atoms with Crippen LogP contribution in [-0.4, -0.2) is 55.2 Å². The number of hydrogen-bond acceptors (Lipinski definition) is 4. The van der Waals surface area contributed by atoms with E-state index in [4.69, 9.17) is 9.73 Å². The lowest BCUT2D eigenvalue weighted by Gasteiger charge is -2.27. The molecule has 1 aromatic carbocycles. The van der Waals surface area contributed by atoms with Gasteiger partial charge >= 0.3 is 0 Å². The van der Waals surface area contributed by atoms with Crippen molar-refractivity contribution >= 4 is 29.9 Å². The van der Waals surface area contributed by atoms with Gasteiger partial charge in [-0.05, 0) is 30.2 Å². The van der Waals surface area contributed by atoms with Crippen molar-refractivity contribution in [2.24, 2.45) is 4.99 Å². The second-order valence-electron chi connectivity index (χ2n) is 6.85. The van der Waals surface area contributed by atoms with Crippen LogP contribution in [0, 0.1) is 0 Å². The number of halogens is 1. The molecule has 1 aliphatic heterocycles. The molecule has 1 aromatic heterocycles. The zero-order valence-electron chi connectivity index (χ0n) is 17.1. The molecule has 0 aliphatic carbocycles. The Hall–Kier alpha value is -1.71. The van der Waals surface area contributed by atoms with Gasteiger partial charge in [-0.1, -0.05) is 30.3 Å². The molecular weight excluding hydrogens is 477 g/mol. The third-order valence-electron chi connectivity index (χ3n) is 4.77.